The van der Waals surface area contributed by atoms with Gasteiger partial charge in [0.05, 0.1) is 12.6 Å². The van der Waals surface area contributed by atoms with Gasteiger partial charge in [0.1, 0.15) is 6.23 Å². The minimum Gasteiger partial charge on any atom is -0.392 e. The summed E-state index contributed by atoms with van der Waals surface area (Å²) in [4.78, 5) is 23.4. The smallest absolute Gasteiger partial charge is 0.312 e. The lowest BCUT2D eigenvalue weighted by Crippen LogP contribution is -2.54. The summed E-state index contributed by atoms with van der Waals surface area (Å²) in [5.74, 6) is -0.306. The Morgan fingerprint density at radius 1 is 1.19 bits per heavy atom. The molecule has 0 aliphatic carbocycles. The highest BCUT2D eigenvalue weighted by atomic mass is 16.3. The molecule has 0 aromatic heterocycles. The molecule has 1 aromatic carbocycles. The largest absolute Gasteiger partial charge is 0.392 e. The topological polar surface area (TPSA) is 163 Å². The SMILES string of the molecule is CC(C)[C@H](N)C(O)N[C@@H](CCCNC(N)=O)C(=O)Nc1ccc(CO)cc1. The summed E-state index contributed by atoms with van der Waals surface area (Å²) in [5, 5.41) is 27.4. The lowest BCUT2D eigenvalue weighted by atomic mass is 10.0. The van der Waals surface area contributed by atoms with Crippen LogP contribution in [0, 0.1) is 5.92 Å². The molecule has 0 heterocycles. The van der Waals surface area contributed by atoms with Crippen molar-refractivity contribution in [2.24, 2.45) is 17.4 Å². The molecule has 27 heavy (non-hydrogen) atoms. The summed E-state index contributed by atoms with van der Waals surface area (Å²) < 4.78 is 0. The highest BCUT2D eigenvalue weighted by molar-refractivity contribution is 5.94. The van der Waals surface area contributed by atoms with E-state index in [4.69, 9.17) is 16.6 Å². The van der Waals surface area contributed by atoms with Gasteiger partial charge in [0, 0.05) is 18.3 Å². The molecule has 1 rings (SSSR count). The maximum absolute atomic E-state index is 12.6. The molecule has 0 radical (unpaired) electrons. The summed E-state index contributed by atoms with van der Waals surface area (Å²) in [6, 6.07) is 4.91. The first-order valence-electron chi connectivity index (χ1n) is 8.98. The van der Waals surface area contributed by atoms with Crippen molar-refractivity contribution >= 4 is 17.6 Å². The summed E-state index contributed by atoms with van der Waals surface area (Å²) in [7, 11) is 0. The van der Waals surface area contributed by atoms with Crippen LogP contribution in [0.5, 0.6) is 0 Å². The number of aliphatic hydroxyl groups excluding tert-OH is 2. The number of aliphatic hydroxyl groups is 2. The van der Waals surface area contributed by atoms with Gasteiger partial charge in [-0.3, -0.25) is 10.1 Å². The van der Waals surface area contributed by atoms with Crippen LogP contribution in [0.2, 0.25) is 0 Å². The third-order valence-corrected chi connectivity index (χ3v) is 4.20. The van der Waals surface area contributed by atoms with E-state index in [2.05, 4.69) is 16.0 Å². The number of benzene rings is 1. The first kappa shape index (κ1) is 22.8. The molecule has 1 aromatic rings. The summed E-state index contributed by atoms with van der Waals surface area (Å²) in [5.41, 5.74) is 12.3. The van der Waals surface area contributed by atoms with E-state index in [1.165, 1.54) is 0 Å². The standard InChI is InChI=1S/C18H31N5O4/c1-11(2)15(19)17(26)23-14(4-3-9-21-18(20)27)16(25)22-13-7-5-12(10-24)6-8-13/h5-8,11,14-15,17,23-24,26H,3-4,9-10,19H2,1-2H3,(H,22,25)(H3,20,21,27)/t14-,15-,17?/m0/s1. The Kier molecular flexibility index (Phi) is 9.73. The average molecular weight is 381 g/mol. The van der Waals surface area contributed by atoms with Crippen LogP contribution < -0.4 is 27.4 Å². The molecule has 3 amide bonds. The fraction of sp³-hybridized carbons (Fsp3) is 0.556. The second-order valence-electron chi connectivity index (χ2n) is 6.76. The Morgan fingerprint density at radius 2 is 1.81 bits per heavy atom. The molecule has 9 N–H and O–H groups in total. The van der Waals surface area contributed by atoms with Gasteiger partial charge in [0.25, 0.3) is 0 Å². The van der Waals surface area contributed by atoms with E-state index < -0.39 is 24.3 Å². The fourth-order valence-corrected chi connectivity index (χ4v) is 2.41. The van der Waals surface area contributed by atoms with Crippen LogP contribution in [0.4, 0.5) is 10.5 Å². The van der Waals surface area contributed by atoms with Crippen molar-refractivity contribution in [1.82, 2.24) is 10.6 Å². The van der Waals surface area contributed by atoms with Crippen LogP contribution in [0.15, 0.2) is 24.3 Å². The number of carbonyl (C=O) groups excluding carboxylic acids is 2. The number of urea groups is 1. The molecule has 0 aliphatic heterocycles. The number of amides is 3. The number of primary amides is 1. The zero-order valence-electron chi connectivity index (χ0n) is 15.8. The van der Waals surface area contributed by atoms with Gasteiger partial charge in [-0.05, 0) is 36.5 Å². The van der Waals surface area contributed by atoms with Gasteiger partial charge in [0.15, 0.2) is 0 Å². The number of nitrogens with two attached hydrogens (primary N) is 2. The quantitative estimate of drug-likeness (QED) is 0.208. The van der Waals surface area contributed by atoms with E-state index in [1.807, 2.05) is 13.8 Å². The Bertz CT molecular complexity index is 594. The molecule has 9 nitrogen and oxygen atoms in total. The minimum absolute atomic E-state index is 0.0266. The van der Waals surface area contributed by atoms with E-state index in [0.29, 0.717) is 25.1 Å². The highest BCUT2D eigenvalue weighted by Crippen LogP contribution is 2.12. The number of nitrogens with one attached hydrogen (secondary N) is 3. The normalized spacial score (nSPS) is 14.4. The second-order valence-corrected chi connectivity index (χ2v) is 6.76. The van der Waals surface area contributed by atoms with Crippen LogP contribution in [0.25, 0.3) is 0 Å². The van der Waals surface area contributed by atoms with Crippen molar-refractivity contribution in [3.63, 3.8) is 0 Å². The molecule has 152 valence electrons. The predicted octanol–water partition coefficient (Wildman–Crippen LogP) is -0.174. The fourth-order valence-electron chi connectivity index (χ4n) is 2.41. The Balaban J connectivity index is 2.73. The monoisotopic (exact) mass is 381 g/mol. The lowest BCUT2D eigenvalue weighted by molar-refractivity contribution is -0.119. The highest BCUT2D eigenvalue weighted by Gasteiger charge is 2.25. The van der Waals surface area contributed by atoms with E-state index in [0.717, 1.165) is 5.56 Å². The van der Waals surface area contributed by atoms with Gasteiger partial charge < -0.3 is 32.3 Å². The molecule has 9 heteroatoms. The van der Waals surface area contributed by atoms with Crippen molar-refractivity contribution < 1.29 is 19.8 Å². The van der Waals surface area contributed by atoms with Crippen LogP contribution in [0.1, 0.15) is 32.3 Å². The molecule has 0 spiro atoms. The zero-order chi connectivity index (χ0) is 20.4. The van der Waals surface area contributed by atoms with E-state index >= 15 is 0 Å². The van der Waals surface area contributed by atoms with Crippen molar-refractivity contribution in [1.29, 1.82) is 0 Å². The summed E-state index contributed by atoms with van der Waals surface area (Å²) in [6.45, 7) is 4.00. The van der Waals surface area contributed by atoms with Crippen LogP contribution >= 0.6 is 0 Å². The van der Waals surface area contributed by atoms with Gasteiger partial charge in [-0.1, -0.05) is 26.0 Å². The molecule has 0 saturated carbocycles. The third kappa shape index (κ3) is 8.35. The van der Waals surface area contributed by atoms with E-state index in [-0.39, 0.29) is 18.4 Å². The lowest BCUT2D eigenvalue weighted by Gasteiger charge is -2.27. The third-order valence-electron chi connectivity index (χ3n) is 4.20. The first-order valence-corrected chi connectivity index (χ1v) is 8.98. The Labute approximate surface area is 159 Å². The molecule has 1 unspecified atom stereocenters. The van der Waals surface area contributed by atoms with Gasteiger partial charge in [-0.15, -0.1) is 0 Å². The first-order chi connectivity index (χ1) is 12.7. The molecule has 0 saturated heterocycles. The van der Waals surface area contributed by atoms with Gasteiger partial charge in [0.2, 0.25) is 5.91 Å². The number of rotatable bonds is 11. The number of hydrogen-bond acceptors (Lipinski definition) is 6. The summed E-state index contributed by atoms with van der Waals surface area (Å²) in [6.07, 6.45) is -0.203. The van der Waals surface area contributed by atoms with Gasteiger partial charge in [-0.25, -0.2) is 4.79 Å². The molecule has 0 fully saturated rings. The van der Waals surface area contributed by atoms with Crippen LogP contribution in [-0.4, -0.2) is 47.0 Å². The zero-order valence-corrected chi connectivity index (χ0v) is 15.8. The number of hydrogen-bond donors (Lipinski definition) is 7. The van der Waals surface area contributed by atoms with Crippen LogP contribution in [-0.2, 0) is 11.4 Å². The number of anilines is 1. The van der Waals surface area contributed by atoms with Crippen molar-refractivity contribution in [3.8, 4) is 0 Å². The molecular formula is C18H31N5O4. The van der Waals surface area contributed by atoms with Gasteiger partial charge in [-0.2, -0.15) is 0 Å². The number of carbonyl (C=O) groups is 2. The second kappa shape index (κ2) is 11.5. The maximum Gasteiger partial charge on any atom is 0.312 e. The van der Waals surface area contributed by atoms with Gasteiger partial charge >= 0.3 is 6.03 Å². The van der Waals surface area contributed by atoms with Crippen molar-refractivity contribution in [2.45, 2.75) is 51.6 Å². The predicted molar refractivity (Wildman–Crippen MR) is 104 cm³/mol. The Morgan fingerprint density at radius 3 is 2.33 bits per heavy atom. The molecular weight excluding hydrogens is 350 g/mol. The average Bonchev–Trinajstić information content (AvgIpc) is 2.63. The van der Waals surface area contributed by atoms with Crippen molar-refractivity contribution in [2.75, 3.05) is 11.9 Å². The molecule has 3 atom stereocenters. The minimum atomic E-state index is -1.05. The molecule has 0 aliphatic rings. The molecule has 0 bridgehead atoms. The Hall–Kier alpha value is -2.20. The van der Waals surface area contributed by atoms with E-state index in [9.17, 15) is 14.7 Å². The maximum atomic E-state index is 12.6. The van der Waals surface area contributed by atoms with Crippen LogP contribution in [0.3, 0.4) is 0 Å². The van der Waals surface area contributed by atoms with Crippen molar-refractivity contribution in [3.05, 3.63) is 29.8 Å². The summed E-state index contributed by atoms with van der Waals surface area (Å²) >= 11 is 0. The van der Waals surface area contributed by atoms with E-state index in [1.54, 1.807) is 24.3 Å².